The first-order chi connectivity index (χ1) is 44.9. The van der Waals surface area contributed by atoms with Crippen LogP contribution in [0.1, 0.15) is 79.6 Å². The fraction of sp³-hybridized carbons (Fsp3) is 0.0147. The molecule has 0 spiro atoms. The van der Waals surface area contributed by atoms with E-state index in [0.29, 0.717) is 5.76 Å². The number of rotatable bonds is 15. The topological polar surface area (TPSA) is 318 Å². The molecule has 0 atom stereocenters. The Balaban J connectivity index is 0.000000126. The fourth-order valence-electron chi connectivity index (χ4n) is 7.74. The molecule has 0 aliphatic heterocycles. The summed E-state index contributed by atoms with van der Waals surface area (Å²) < 4.78 is 10.0. The number of aromatic nitrogens is 17. The van der Waals surface area contributed by atoms with Gasteiger partial charge >= 0.3 is 5.88 Å². The van der Waals surface area contributed by atoms with Gasteiger partial charge in [0.25, 0.3) is 0 Å². The SMILES string of the molecule is C(=C\c1cc2ccccc2[nH]1)/c1ccn[nH]1.C(=C\c1ccco1)/c1ccn[nH]1.C(=C\c1cccs1)/c1ccn[nH]1.C(=C\c1ccn[nH]1)/c1cc[nH]c1.C(=C\c1ccn[nH]1)/c1ccc[nH]1.C1=CC(/C=C/c2ccn[nH]2)=CC1.O=[N+]([O-])c1ccc(/C=C/c2ccn[nH]2)o1. The van der Waals surface area contributed by atoms with Crippen molar-refractivity contribution in [2.45, 2.75) is 6.42 Å². The van der Waals surface area contributed by atoms with Crippen LogP contribution in [0.4, 0.5) is 5.88 Å². The van der Waals surface area contributed by atoms with E-state index in [1.807, 2.05) is 164 Å². The number of hydrogen-bond acceptors (Lipinski definition) is 12. The zero-order chi connectivity index (χ0) is 62.6. The Labute approximate surface area is 525 Å². The van der Waals surface area contributed by atoms with E-state index in [9.17, 15) is 10.1 Å². The standard InChI is InChI=1S/C13H11N3.C10H10N2.C9H7N3O3.2C9H9N3.C9H8N2O.C9H8N2S/c1-2-4-13-10(3-1)9-12(15-13)6-5-11-7-8-14-16-11;1-2-4-9(3-1)5-6-10-7-8-11-12-10;13-12(14)9-4-3-8(15-9)2-1-7-5-6-10-11-7;1(8-3-5-10-7-8)2-9-4-6-11-12-9;1-2-8(10-6-1)3-4-9-5-7-11-12-9;2*1-2-9(12-7-1)4-3-8-5-6-10-11-8/h1-9,15H,(H,14,16);1,3-8H,2H2,(H,11,12);1-6H,(H,10,11);2*1-7,10H,(H,11,12);2*1-7H,(H,10,11)/b2*6-5+;2*2-1+;3*4-3+. The summed E-state index contributed by atoms with van der Waals surface area (Å²) in [5, 5.41) is 60.3. The van der Waals surface area contributed by atoms with E-state index in [4.69, 9.17) is 8.83 Å². The van der Waals surface area contributed by atoms with Crippen LogP contribution < -0.4 is 0 Å². The van der Waals surface area contributed by atoms with Crippen molar-refractivity contribution in [2.24, 2.45) is 0 Å². The molecule has 1 aliphatic rings. The molecule has 1 aromatic carbocycles. The summed E-state index contributed by atoms with van der Waals surface area (Å²) in [6.07, 6.45) is 54.2. The minimum absolute atomic E-state index is 0.265. The average molecular weight is 1230 g/mol. The second-order valence-electron chi connectivity index (χ2n) is 18.8. The number of furan rings is 2. The molecule has 0 fully saturated rings. The zero-order valence-electron chi connectivity index (χ0n) is 48.7. The number of para-hydroxylation sites is 1. The highest BCUT2D eigenvalue weighted by Crippen LogP contribution is 2.19. The smallest absolute Gasteiger partial charge is 0.433 e. The highest BCUT2D eigenvalue weighted by atomic mass is 32.1. The lowest BCUT2D eigenvalue weighted by molar-refractivity contribution is -0.402. The number of hydrogen-bond donors (Lipinski definition) is 10. The lowest BCUT2D eigenvalue weighted by atomic mass is 10.2. The summed E-state index contributed by atoms with van der Waals surface area (Å²) >= 11 is 1.72. The molecular weight excluding hydrogens is 1160 g/mol. The van der Waals surface area contributed by atoms with E-state index >= 15 is 0 Å². The maximum absolute atomic E-state index is 10.3. The van der Waals surface area contributed by atoms with E-state index in [1.165, 1.54) is 28.0 Å². The fourth-order valence-corrected chi connectivity index (χ4v) is 8.36. The number of fused-ring (bicyclic) bond motifs is 1. The van der Waals surface area contributed by atoms with Gasteiger partial charge in [-0.3, -0.25) is 45.8 Å². The summed E-state index contributed by atoms with van der Waals surface area (Å²) in [4.78, 5) is 20.4. The van der Waals surface area contributed by atoms with Gasteiger partial charge in [0.15, 0.2) is 0 Å². The molecule has 22 nitrogen and oxygen atoms in total. The normalized spacial score (nSPS) is 11.7. The van der Waals surface area contributed by atoms with E-state index in [-0.39, 0.29) is 5.88 Å². The minimum Gasteiger partial charge on any atom is -0.465 e. The molecule has 23 heteroatoms. The third kappa shape index (κ3) is 22.8. The second-order valence-corrected chi connectivity index (χ2v) is 19.8. The van der Waals surface area contributed by atoms with Gasteiger partial charge in [-0.25, -0.2) is 0 Å². The van der Waals surface area contributed by atoms with Crippen LogP contribution in [0.15, 0.2) is 240 Å². The van der Waals surface area contributed by atoms with E-state index < -0.39 is 4.92 Å². The average Bonchev–Trinajstić information content (AvgIpc) is 3.58. The first-order valence-electron chi connectivity index (χ1n) is 28.2. The quantitative estimate of drug-likeness (QED) is 0.0340. The van der Waals surface area contributed by atoms with Gasteiger partial charge in [0.05, 0.1) is 52.2 Å². The van der Waals surface area contributed by atoms with Crippen molar-refractivity contribution < 1.29 is 13.8 Å². The van der Waals surface area contributed by atoms with Crippen LogP contribution in [0.3, 0.4) is 0 Å². The van der Waals surface area contributed by atoms with Gasteiger partial charge in [-0.05, 0) is 198 Å². The number of nitrogens with zero attached hydrogens (tertiary/aromatic N) is 8. The number of aromatic amines is 10. The molecule has 15 rings (SSSR count). The van der Waals surface area contributed by atoms with E-state index in [0.717, 1.165) is 74.5 Å². The van der Waals surface area contributed by atoms with Crippen LogP contribution in [0.2, 0.25) is 0 Å². The lowest BCUT2D eigenvalue weighted by Gasteiger charge is -1.85. The molecule has 10 N–H and O–H groups in total. The minimum atomic E-state index is -0.576. The second kappa shape index (κ2) is 35.5. The van der Waals surface area contributed by atoms with Gasteiger partial charge in [0, 0.05) is 83.8 Å². The lowest BCUT2D eigenvalue weighted by Crippen LogP contribution is -1.82. The monoisotopic (exact) mass is 1230 g/mol. The molecule has 454 valence electrons. The Morgan fingerprint density at radius 1 is 0.473 bits per heavy atom. The van der Waals surface area contributed by atoms with Crippen LogP contribution in [-0.4, -0.2) is 91.3 Å². The predicted molar refractivity (Wildman–Crippen MR) is 363 cm³/mol. The molecule has 14 aromatic rings. The van der Waals surface area contributed by atoms with E-state index in [1.54, 1.807) is 79.2 Å². The van der Waals surface area contributed by atoms with Crippen molar-refractivity contribution in [3.63, 3.8) is 0 Å². The molecule has 0 radical (unpaired) electrons. The molecule has 0 amide bonds. The van der Waals surface area contributed by atoms with Gasteiger partial charge in [-0.1, -0.05) is 54.6 Å². The molecule has 13 heterocycles. The Morgan fingerprint density at radius 2 is 1.01 bits per heavy atom. The summed E-state index contributed by atoms with van der Waals surface area (Å²) in [5.74, 6) is 1.00. The van der Waals surface area contributed by atoms with Crippen molar-refractivity contribution in [2.75, 3.05) is 0 Å². The predicted octanol–water partition coefficient (Wildman–Crippen LogP) is 16.1. The number of nitro groups is 1. The summed E-state index contributed by atoms with van der Waals surface area (Å²) in [6.45, 7) is 0. The van der Waals surface area contributed by atoms with Crippen molar-refractivity contribution in [3.05, 3.63) is 314 Å². The first kappa shape index (κ1) is 62.6. The van der Waals surface area contributed by atoms with Crippen LogP contribution in [0.5, 0.6) is 0 Å². The van der Waals surface area contributed by atoms with Crippen molar-refractivity contribution >= 4 is 107 Å². The van der Waals surface area contributed by atoms with Crippen molar-refractivity contribution in [3.8, 4) is 0 Å². The molecular formula is C68H62N18O4S. The van der Waals surface area contributed by atoms with Crippen LogP contribution >= 0.6 is 11.3 Å². The summed E-state index contributed by atoms with van der Waals surface area (Å²) in [5.41, 5.74) is 12.6. The van der Waals surface area contributed by atoms with Crippen LogP contribution in [0, 0.1) is 10.1 Å². The van der Waals surface area contributed by atoms with Crippen LogP contribution in [0.25, 0.3) is 89.9 Å². The molecule has 91 heavy (non-hydrogen) atoms. The highest BCUT2D eigenvalue weighted by molar-refractivity contribution is 7.10. The Kier molecular flexibility index (Phi) is 24.5. The van der Waals surface area contributed by atoms with Gasteiger partial charge in [-0.15, -0.1) is 11.3 Å². The maximum atomic E-state index is 10.3. The zero-order valence-corrected chi connectivity index (χ0v) is 49.5. The van der Waals surface area contributed by atoms with E-state index in [2.05, 4.69) is 146 Å². The molecule has 0 saturated heterocycles. The third-order valence-corrected chi connectivity index (χ3v) is 13.0. The van der Waals surface area contributed by atoms with Crippen molar-refractivity contribution in [1.82, 2.24) is 86.3 Å². The molecule has 0 saturated carbocycles. The summed E-state index contributed by atoms with van der Waals surface area (Å²) in [7, 11) is 0. The van der Waals surface area contributed by atoms with Gasteiger partial charge < -0.3 is 23.8 Å². The van der Waals surface area contributed by atoms with Gasteiger partial charge in [0.1, 0.15) is 16.4 Å². The summed E-state index contributed by atoms with van der Waals surface area (Å²) in [6, 6.07) is 40.4. The Hall–Kier alpha value is -12.9. The molecule has 0 unspecified atom stereocenters. The third-order valence-electron chi connectivity index (χ3n) is 12.2. The number of benzene rings is 1. The van der Waals surface area contributed by atoms with Crippen LogP contribution in [-0.2, 0) is 0 Å². The Bertz CT molecular complexity index is 3950. The number of thiophene rings is 1. The first-order valence-corrected chi connectivity index (χ1v) is 29.0. The molecule has 1 aliphatic carbocycles. The number of allylic oxidation sites excluding steroid dienone is 5. The highest BCUT2D eigenvalue weighted by Gasteiger charge is 2.09. The number of H-pyrrole nitrogens is 10. The molecule has 13 aromatic heterocycles. The van der Waals surface area contributed by atoms with Gasteiger partial charge in [0.2, 0.25) is 0 Å². The Morgan fingerprint density at radius 3 is 1.47 bits per heavy atom. The molecule has 0 bridgehead atoms. The number of nitrogens with one attached hydrogen (secondary N) is 10. The van der Waals surface area contributed by atoms with Crippen molar-refractivity contribution in [1.29, 1.82) is 0 Å². The maximum Gasteiger partial charge on any atom is 0.433 e. The van der Waals surface area contributed by atoms with Gasteiger partial charge in [-0.2, -0.15) is 35.7 Å². The largest absolute Gasteiger partial charge is 0.465 e.